The van der Waals surface area contributed by atoms with E-state index in [1.807, 2.05) is 13.8 Å². The molecule has 150 valence electrons. The number of nitrogens with zero attached hydrogens (tertiary/aromatic N) is 1. The fourth-order valence-corrected chi connectivity index (χ4v) is 3.35. The number of rotatable bonds is 3. The van der Waals surface area contributed by atoms with Crippen LogP contribution in [0.4, 0.5) is 0 Å². The van der Waals surface area contributed by atoms with E-state index in [1.54, 1.807) is 17.4 Å². The maximum absolute atomic E-state index is 12.7. The molecule has 26 heavy (non-hydrogen) atoms. The van der Waals surface area contributed by atoms with Crippen LogP contribution in [0.1, 0.15) is 71.6 Å². The van der Waals surface area contributed by atoms with Gasteiger partial charge in [-0.2, -0.15) is 0 Å². The quantitative estimate of drug-likeness (QED) is 0.525. The SMILES string of the molecule is CC(C)C1NC(=O)C(CC(=O)NO)CCCCCCCCCN(C)C1=O. The Morgan fingerprint density at radius 3 is 2.31 bits per heavy atom. The van der Waals surface area contributed by atoms with Gasteiger partial charge >= 0.3 is 0 Å². The van der Waals surface area contributed by atoms with Crippen LogP contribution in [0.3, 0.4) is 0 Å². The Morgan fingerprint density at radius 1 is 1.15 bits per heavy atom. The van der Waals surface area contributed by atoms with Crippen LogP contribution in [0.5, 0.6) is 0 Å². The van der Waals surface area contributed by atoms with E-state index < -0.39 is 17.9 Å². The summed E-state index contributed by atoms with van der Waals surface area (Å²) in [5.41, 5.74) is 1.60. The van der Waals surface area contributed by atoms with Crippen molar-refractivity contribution in [2.45, 2.75) is 77.7 Å². The van der Waals surface area contributed by atoms with E-state index in [2.05, 4.69) is 5.32 Å². The Bertz CT molecular complexity index is 468. The molecule has 1 aliphatic heterocycles. The highest BCUT2D eigenvalue weighted by atomic mass is 16.5. The molecular formula is C19H35N3O4. The van der Waals surface area contributed by atoms with Gasteiger partial charge in [-0.25, -0.2) is 5.48 Å². The second-order valence-corrected chi connectivity index (χ2v) is 7.69. The van der Waals surface area contributed by atoms with Gasteiger partial charge < -0.3 is 10.2 Å². The Labute approximate surface area is 156 Å². The first-order valence-corrected chi connectivity index (χ1v) is 9.85. The van der Waals surface area contributed by atoms with E-state index in [0.29, 0.717) is 13.0 Å². The molecule has 3 amide bonds. The van der Waals surface area contributed by atoms with Crippen LogP contribution in [-0.4, -0.2) is 47.5 Å². The minimum atomic E-state index is -0.600. The summed E-state index contributed by atoms with van der Waals surface area (Å²) in [6.45, 7) is 4.49. The summed E-state index contributed by atoms with van der Waals surface area (Å²) < 4.78 is 0. The van der Waals surface area contributed by atoms with Gasteiger partial charge in [0.15, 0.2) is 0 Å². The average molecular weight is 370 g/mol. The molecule has 0 aromatic carbocycles. The summed E-state index contributed by atoms with van der Waals surface area (Å²) >= 11 is 0. The highest BCUT2D eigenvalue weighted by molar-refractivity contribution is 5.90. The van der Waals surface area contributed by atoms with Gasteiger partial charge in [-0.15, -0.1) is 0 Å². The molecular weight excluding hydrogens is 334 g/mol. The fraction of sp³-hybridized carbons (Fsp3) is 0.842. The Kier molecular flexibility index (Phi) is 10.2. The molecule has 0 saturated carbocycles. The lowest BCUT2D eigenvalue weighted by Gasteiger charge is -2.28. The molecule has 0 aromatic rings. The molecule has 1 fully saturated rings. The van der Waals surface area contributed by atoms with Crippen molar-refractivity contribution in [1.29, 1.82) is 0 Å². The van der Waals surface area contributed by atoms with Crippen LogP contribution in [0.2, 0.25) is 0 Å². The van der Waals surface area contributed by atoms with Crippen LogP contribution in [0, 0.1) is 11.8 Å². The minimum absolute atomic E-state index is 0.0445. The van der Waals surface area contributed by atoms with Crippen LogP contribution in [0.15, 0.2) is 0 Å². The van der Waals surface area contributed by atoms with E-state index in [0.717, 1.165) is 44.9 Å². The second-order valence-electron chi connectivity index (χ2n) is 7.69. The van der Waals surface area contributed by atoms with Gasteiger partial charge in [0.05, 0.1) is 0 Å². The number of nitrogens with one attached hydrogen (secondary N) is 2. The van der Waals surface area contributed by atoms with Gasteiger partial charge in [0.2, 0.25) is 17.7 Å². The number of carbonyl (C=O) groups is 3. The number of amides is 3. The van der Waals surface area contributed by atoms with Gasteiger partial charge in [0.1, 0.15) is 6.04 Å². The van der Waals surface area contributed by atoms with Gasteiger partial charge in [-0.3, -0.25) is 19.6 Å². The summed E-state index contributed by atoms with van der Waals surface area (Å²) in [4.78, 5) is 38.7. The van der Waals surface area contributed by atoms with Crippen LogP contribution in [0.25, 0.3) is 0 Å². The molecule has 1 saturated heterocycles. The first-order chi connectivity index (χ1) is 12.4. The molecule has 2 atom stereocenters. The van der Waals surface area contributed by atoms with Crippen LogP contribution < -0.4 is 10.8 Å². The third-order valence-electron chi connectivity index (χ3n) is 5.08. The van der Waals surface area contributed by atoms with E-state index in [1.165, 1.54) is 0 Å². The third-order valence-corrected chi connectivity index (χ3v) is 5.08. The maximum Gasteiger partial charge on any atom is 0.245 e. The fourth-order valence-electron chi connectivity index (χ4n) is 3.35. The number of hydrogen-bond donors (Lipinski definition) is 3. The summed E-state index contributed by atoms with van der Waals surface area (Å²) in [5.74, 6) is -1.53. The lowest BCUT2D eigenvalue weighted by atomic mass is 9.94. The Hall–Kier alpha value is -1.63. The molecule has 0 spiro atoms. The Balaban J connectivity index is 2.90. The highest BCUT2D eigenvalue weighted by Gasteiger charge is 2.30. The normalized spacial score (nSPS) is 24.6. The van der Waals surface area contributed by atoms with Crippen molar-refractivity contribution in [2.75, 3.05) is 13.6 Å². The van der Waals surface area contributed by atoms with Crippen molar-refractivity contribution in [1.82, 2.24) is 15.7 Å². The van der Waals surface area contributed by atoms with Crippen molar-refractivity contribution in [3.63, 3.8) is 0 Å². The van der Waals surface area contributed by atoms with Gasteiger partial charge in [-0.1, -0.05) is 52.4 Å². The van der Waals surface area contributed by atoms with Crippen molar-refractivity contribution in [2.24, 2.45) is 11.8 Å². The van der Waals surface area contributed by atoms with E-state index in [9.17, 15) is 14.4 Å². The molecule has 1 rings (SSSR count). The van der Waals surface area contributed by atoms with Crippen molar-refractivity contribution >= 4 is 17.7 Å². The van der Waals surface area contributed by atoms with Crippen LogP contribution in [-0.2, 0) is 14.4 Å². The standard InChI is InChI=1S/C19H35N3O4/c1-14(2)17-19(25)22(3)12-10-8-6-4-5-7-9-11-15(18(24)20-17)13-16(23)21-26/h14-15,17,26H,4-13H2,1-3H3,(H,20,24)(H,21,23). The zero-order chi connectivity index (χ0) is 19.5. The second kappa shape index (κ2) is 11.9. The van der Waals surface area contributed by atoms with E-state index >= 15 is 0 Å². The molecule has 0 radical (unpaired) electrons. The van der Waals surface area contributed by atoms with Crippen molar-refractivity contribution in [3.05, 3.63) is 0 Å². The van der Waals surface area contributed by atoms with Gasteiger partial charge in [0.25, 0.3) is 0 Å². The number of hydrogen-bond acceptors (Lipinski definition) is 4. The topological polar surface area (TPSA) is 98.7 Å². The zero-order valence-electron chi connectivity index (χ0n) is 16.4. The van der Waals surface area contributed by atoms with E-state index in [4.69, 9.17) is 5.21 Å². The zero-order valence-corrected chi connectivity index (χ0v) is 16.4. The smallest absolute Gasteiger partial charge is 0.245 e. The molecule has 7 nitrogen and oxygen atoms in total. The summed E-state index contributed by atoms with van der Waals surface area (Å²) in [6.07, 6.45) is 7.89. The van der Waals surface area contributed by atoms with Gasteiger partial charge in [-0.05, 0) is 18.8 Å². The molecule has 0 aromatic heterocycles. The summed E-state index contributed by atoms with van der Waals surface area (Å²) in [7, 11) is 1.78. The maximum atomic E-state index is 12.7. The lowest BCUT2D eigenvalue weighted by molar-refractivity contribution is -0.139. The molecule has 2 unspecified atom stereocenters. The predicted octanol–water partition coefficient (Wildman–Crippen LogP) is 2.23. The average Bonchev–Trinajstić information content (AvgIpc) is 2.61. The predicted molar refractivity (Wildman–Crippen MR) is 99.4 cm³/mol. The monoisotopic (exact) mass is 369 g/mol. The van der Waals surface area contributed by atoms with Gasteiger partial charge in [0, 0.05) is 25.9 Å². The lowest BCUT2D eigenvalue weighted by Crippen LogP contribution is -2.52. The van der Waals surface area contributed by atoms with Crippen LogP contribution >= 0.6 is 0 Å². The number of likely N-dealkylation sites (N-methyl/N-ethyl adjacent to an activating group) is 1. The molecule has 3 N–H and O–H groups in total. The molecule has 7 heteroatoms. The molecule has 1 aliphatic rings. The third kappa shape index (κ3) is 7.72. The van der Waals surface area contributed by atoms with E-state index in [-0.39, 0.29) is 24.2 Å². The number of carbonyl (C=O) groups excluding carboxylic acids is 3. The minimum Gasteiger partial charge on any atom is -0.344 e. The summed E-state index contributed by atoms with van der Waals surface area (Å²) in [5, 5.41) is 11.6. The van der Waals surface area contributed by atoms with Crippen molar-refractivity contribution < 1.29 is 19.6 Å². The first-order valence-electron chi connectivity index (χ1n) is 9.85. The Morgan fingerprint density at radius 2 is 1.73 bits per heavy atom. The number of hydroxylamine groups is 1. The molecule has 1 heterocycles. The highest BCUT2D eigenvalue weighted by Crippen LogP contribution is 2.18. The largest absolute Gasteiger partial charge is 0.344 e. The summed E-state index contributed by atoms with van der Waals surface area (Å²) in [6, 6.07) is -0.600. The van der Waals surface area contributed by atoms with Crippen molar-refractivity contribution in [3.8, 4) is 0 Å². The first kappa shape index (κ1) is 22.4. The molecule has 0 bridgehead atoms. The molecule has 0 aliphatic carbocycles.